The highest BCUT2D eigenvalue weighted by atomic mass is 35.5. The molecule has 0 aliphatic rings. The summed E-state index contributed by atoms with van der Waals surface area (Å²) in [5.41, 5.74) is 0.493. The summed E-state index contributed by atoms with van der Waals surface area (Å²) < 4.78 is 25.7. The van der Waals surface area contributed by atoms with E-state index in [1.165, 1.54) is 28.8 Å². The number of carbonyl (C=O) groups is 1. The summed E-state index contributed by atoms with van der Waals surface area (Å²) in [5.74, 6) is -0.168. The average Bonchev–Trinajstić information content (AvgIpc) is 2.96. The van der Waals surface area contributed by atoms with E-state index in [1.807, 2.05) is 0 Å². The molecule has 1 amide bonds. The maximum Gasteiger partial charge on any atom is 0.408 e. The SMILES string of the molecule is CC(NC(=O)OC(C)(C)C)c1nn2ccc(Cl)c2c(=Nc2ccc(F)cc2)o1. The van der Waals surface area contributed by atoms with Crippen molar-refractivity contribution in [2.45, 2.75) is 39.3 Å². The summed E-state index contributed by atoms with van der Waals surface area (Å²) in [6.45, 7) is 7.02. The molecule has 1 unspecified atom stereocenters. The molecule has 148 valence electrons. The molecule has 2 heterocycles. The molecule has 28 heavy (non-hydrogen) atoms. The number of halogens is 2. The van der Waals surface area contributed by atoms with Gasteiger partial charge in [0.05, 0.1) is 10.7 Å². The fourth-order valence-corrected chi connectivity index (χ4v) is 2.61. The number of benzene rings is 1. The van der Waals surface area contributed by atoms with Crippen LogP contribution in [-0.4, -0.2) is 21.3 Å². The van der Waals surface area contributed by atoms with E-state index in [-0.39, 0.29) is 17.3 Å². The summed E-state index contributed by atoms with van der Waals surface area (Å²) >= 11 is 6.23. The predicted octanol–water partition coefficient (Wildman–Crippen LogP) is 4.54. The number of aromatic nitrogens is 2. The van der Waals surface area contributed by atoms with Crippen LogP contribution in [0.2, 0.25) is 5.02 Å². The summed E-state index contributed by atoms with van der Waals surface area (Å²) in [4.78, 5) is 16.4. The lowest BCUT2D eigenvalue weighted by atomic mass is 10.2. The number of alkyl carbamates (subject to hydrolysis) is 1. The second-order valence-electron chi connectivity index (χ2n) is 7.16. The predicted molar refractivity (Wildman–Crippen MR) is 102 cm³/mol. The van der Waals surface area contributed by atoms with Crippen molar-refractivity contribution in [2.24, 2.45) is 4.99 Å². The molecule has 3 aromatic rings. The van der Waals surface area contributed by atoms with Gasteiger partial charge < -0.3 is 14.5 Å². The number of hydrogen-bond donors (Lipinski definition) is 1. The van der Waals surface area contributed by atoms with Crippen molar-refractivity contribution in [2.75, 3.05) is 0 Å². The van der Waals surface area contributed by atoms with Crippen LogP contribution in [0.1, 0.15) is 39.6 Å². The third-order valence-corrected chi connectivity index (χ3v) is 3.89. The van der Waals surface area contributed by atoms with Gasteiger partial charge in [0.15, 0.2) is 0 Å². The van der Waals surface area contributed by atoms with E-state index < -0.39 is 17.7 Å². The van der Waals surface area contributed by atoms with Gasteiger partial charge in [-0.3, -0.25) is 0 Å². The number of carbonyl (C=O) groups excluding carboxylic acids is 1. The Hall–Kier alpha value is -2.87. The second kappa shape index (κ2) is 7.63. The average molecular weight is 407 g/mol. The first-order valence-corrected chi connectivity index (χ1v) is 8.98. The number of nitrogens with one attached hydrogen (secondary N) is 1. The number of hydrogen-bond acceptors (Lipinski definition) is 5. The normalized spacial score (nSPS) is 13.6. The van der Waals surface area contributed by atoms with E-state index in [1.54, 1.807) is 40.0 Å². The highest BCUT2D eigenvalue weighted by Gasteiger charge is 2.21. The summed E-state index contributed by atoms with van der Waals surface area (Å²) in [6.07, 6.45) is 1.06. The maximum absolute atomic E-state index is 13.1. The van der Waals surface area contributed by atoms with E-state index in [2.05, 4.69) is 15.4 Å². The number of rotatable bonds is 3. The summed E-state index contributed by atoms with van der Waals surface area (Å²) in [7, 11) is 0. The van der Waals surface area contributed by atoms with Gasteiger partial charge in [-0.1, -0.05) is 11.6 Å². The van der Waals surface area contributed by atoms with E-state index in [4.69, 9.17) is 20.8 Å². The van der Waals surface area contributed by atoms with Crippen LogP contribution in [0.5, 0.6) is 0 Å². The summed E-state index contributed by atoms with van der Waals surface area (Å²) in [5, 5.41) is 7.40. The van der Waals surface area contributed by atoms with Crippen LogP contribution < -0.4 is 10.9 Å². The van der Waals surface area contributed by atoms with Gasteiger partial charge in [0.1, 0.15) is 23.0 Å². The molecular formula is C19H20ClFN4O3. The first-order chi connectivity index (χ1) is 13.1. The van der Waals surface area contributed by atoms with Gasteiger partial charge in [0, 0.05) is 6.20 Å². The van der Waals surface area contributed by atoms with E-state index >= 15 is 0 Å². The zero-order valence-electron chi connectivity index (χ0n) is 15.9. The third-order valence-electron chi connectivity index (χ3n) is 3.59. The van der Waals surface area contributed by atoms with Crippen LogP contribution in [0, 0.1) is 5.82 Å². The van der Waals surface area contributed by atoms with Crippen molar-refractivity contribution in [1.29, 1.82) is 0 Å². The zero-order valence-corrected chi connectivity index (χ0v) is 16.6. The maximum atomic E-state index is 13.1. The lowest BCUT2D eigenvalue weighted by molar-refractivity contribution is 0.0499. The minimum Gasteiger partial charge on any atom is -0.444 e. The van der Waals surface area contributed by atoms with Gasteiger partial charge in [0.25, 0.3) is 0 Å². The van der Waals surface area contributed by atoms with Crippen LogP contribution >= 0.6 is 11.6 Å². The molecule has 0 saturated heterocycles. The Morgan fingerprint density at radius 3 is 2.64 bits per heavy atom. The van der Waals surface area contributed by atoms with E-state index in [0.29, 0.717) is 16.2 Å². The number of amides is 1. The molecule has 0 bridgehead atoms. The van der Waals surface area contributed by atoms with Crippen LogP contribution in [0.4, 0.5) is 14.9 Å². The lowest BCUT2D eigenvalue weighted by Crippen LogP contribution is -2.34. The van der Waals surface area contributed by atoms with Crippen molar-refractivity contribution in [3.63, 3.8) is 0 Å². The van der Waals surface area contributed by atoms with Gasteiger partial charge in [-0.05, 0) is 58.0 Å². The first-order valence-electron chi connectivity index (χ1n) is 8.60. The number of ether oxygens (including phenoxy) is 1. The van der Waals surface area contributed by atoms with Crippen LogP contribution in [0.3, 0.4) is 0 Å². The topological polar surface area (TPSA) is 81.1 Å². The Balaban J connectivity index is 2.01. The first kappa shape index (κ1) is 19.9. The molecule has 3 rings (SSSR count). The molecular weight excluding hydrogens is 387 g/mol. The Kier molecular flexibility index (Phi) is 5.42. The quantitative estimate of drug-likeness (QED) is 0.692. The molecule has 9 heteroatoms. The van der Waals surface area contributed by atoms with Crippen LogP contribution in [0.15, 0.2) is 45.9 Å². The Labute approximate surface area is 165 Å². The molecule has 0 spiro atoms. The Morgan fingerprint density at radius 2 is 2.00 bits per heavy atom. The fourth-order valence-electron chi connectivity index (χ4n) is 2.39. The van der Waals surface area contributed by atoms with Gasteiger partial charge in [-0.15, -0.1) is 5.10 Å². The molecule has 1 N–H and O–H groups in total. The number of nitrogens with zero attached hydrogens (tertiary/aromatic N) is 3. The number of fused-ring (bicyclic) bond motifs is 1. The molecule has 0 aliphatic heterocycles. The molecule has 7 nitrogen and oxygen atoms in total. The molecule has 1 aromatic carbocycles. The molecule has 1 atom stereocenters. The van der Waals surface area contributed by atoms with Gasteiger partial charge in [0.2, 0.25) is 11.4 Å². The molecule has 0 fully saturated rings. The molecule has 0 saturated carbocycles. The van der Waals surface area contributed by atoms with Crippen molar-refractivity contribution < 1.29 is 18.3 Å². The summed E-state index contributed by atoms with van der Waals surface area (Å²) in [6, 6.07) is 6.68. The lowest BCUT2D eigenvalue weighted by Gasteiger charge is -2.21. The van der Waals surface area contributed by atoms with Gasteiger partial charge >= 0.3 is 6.09 Å². The van der Waals surface area contributed by atoms with Crippen molar-refractivity contribution in [3.05, 3.63) is 58.8 Å². The molecule has 2 aromatic heterocycles. The van der Waals surface area contributed by atoms with E-state index in [9.17, 15) is 9.18 Å². The highest BCUT2D eigenvalue weighted by Crippen LogP contribution is 2.18. The highest BCUT2D eigenvalue weighted by molar-refractivity contribution is 6.33. The van der Waals surface area contributed by atoms with Gasteiger partial charge in [-0.25, -0.2) is 18.7 Å². The minimum atomic E-state index is -0.630. The van der Waals surface area contributed by atoms with E-state index in [0.717, 1.165) is 0 Å². The Bertz CT molecular complexity index is 1070. The second-order valence-corrected chi connectivity index (χ2v) is 7.57. The Morgan fingerprint density at radius 1 is 1.32 bits per heavy atom. The van der Waals surface area contributed by atoms with Gasteiger partial charge in [-0.2, -0.15) is 0 Å². The monoisotopic (exact) mass is 406 g/mol. The third kappa shape index (κ3) is 4.69. The van der Waals surface area contributed by atoms with Crippen LogP contribution in [0.25, 0.3) is 5.52 Å². The molecule has 0 radical (unpaired) electrons. The van der Waals surface area contributed by atoms with Crippen LogP contribution in [-0.2, 0) is 4.74 Å². The van der Waals surface area contributed by atoms with Crippen molar-refractivity contribution >= 4 is 28.9 Å². The minimum absolute atomic E-state index is 0.185. The smallest absolute Gasteiger partial charge is 0.408 e. The standard InChI is InChI=1S/C19H20ClFN4O3/c1-11(22-18(26)28-19(2,3)4)16-24-25-10-9-14(20)15(25)17(27-16)23-13-7-5-12(21)6-8-13/h5-11H,1-4H3,(H,22,26). The zero-order chi connectivity index (χ0) is 20.5. The molecule has 0 aliphatic carbocycles. The fraction of sp³-hybridized carbons (Fsp3) is 0.316. The largest absolute Gasteiger partial charge is 0.444 e. The van der Waals surface area contributed by atoms with Crippen molar-refractivity contribution in [3.8, 4) is 0 Å². The van der Waals surface area contributed by atoms with Crippen molar-refractivity contribution in [1.82, 2.24) is 14.9 Å².